The first-order chi connectivity index (χ1) is 21.3. The second-order valence-electron chi connectivity index (χ2n) is 10.9. The average molecular weight is 549 g/mol. The lowest BCUT2D eigenvalue weighted by atomic mass is 10.0. The number of aromatic nitrogens is 4. The molecule has 4 heterocycles. The van der Waals surface area contributed by atoms with Crippen LogP contribution in [0.1, 0.15) is 0 Å². The van der Waals surface area contributed by atoms with Crippen LogP contribution in [0.5, 0.6) is 0 Å². The molecule has 0 saturated carbocycles. The summed E-state index contributed by atoms with van der Waals surface area (Å²) < 4.78 is 2.29. The molecule has 9 rings (SSSR count). The molecule has 200 valence electrons. The number of hydrogen-bond donors (Lipinski definition) is 0. The summed E-state index contributed by atoms with van der Waals surface area (Å²) in [6.45, 7) is 0. The van der Waals surface area contributed by atoms with Gasteiger partial charge in [0.15, 0.2) is 0 Å². The van der Waals surface area contributed by atoms with Gasteiger partial charge in [-0.15, -0.1) is 0 Å². The Morgan fingerprint density at radius 3 is 2.07 bits per heavy atom. The lowest BCUT2D eigenvalue weighted by molar-refractivity contribution is 1.10. The van der Waals surface area contributed by atoms with E-state index in [4.69, 9.17) is 9.97 Å². The Morgan fingerprint density at radius 1 is 0.488 bits per heavy atom. The van der Waals surface area contributed by atoms with E-state index in [9.17, 15) is 0 Å². The molecule has 0 aliphatic rings. The zero-order valence-corrected chi connectivity index (χ0v) is 23.1. The van der Waals surface area contributed by atoms with Crippen LogP contribution in [0.4, 0.5) is 0 Å². The van der Waals surface area contributed by atoms with E-state index in [0.29, 0.717) is 0 Å². The maximum Gasteiger partial charge on any atom is 0.138 e. The van der Waals surface area contributed by atoms with Crippen molar-refractivity contribution in [1.82, 2.24) is 19.5 Å². The maximum atomic E-state index is 5.08. The Balaban J connectivity index is 1.24. The molecule has 0 aliphatic carbocycles. The van der Waals surface area contributed by atoms with Gasteiger partial charge in [0, 0.05) is 45.1 Å². The quantitative estimate of drug-likeness (QED) is 0.221. The van der Waals surface area contributed by atoms with E-state index in [2.05, 4.69) is 131 Å². The van der Waals surface area contributed by atoms with Gasteiger partial charge in [0.05, 0.1) is 27.9 Å². The first-order valence-electron chi connectivity index (χ1n) is 14.4. The van der Waals surface area contributed by atoms with Crippen molar-refractivity contribution in [3.8, 4) is 28.3 Å². The summed E-state index contributed by atoms with van der Waals surface area (Å²) in [6, 6.07) is 46.8. The number of benzene rings is 5. The molecule has 0 unspecified atom stereocenters. The zero-order valence-electron chi connectivity index (χ0n) is 23.1. The lowest BCUT2D eigenvalue weighted by Crippen LogP contribution is -1.97. The number of fused-ring (bicyclic) bond motifs is 7. The van der Waals surface area contributed by atoms with E-state index >= 15 is 0 Å². The molecule has 0 radical (unpaired) electrons. The first-order valence-corrected chi connectivity index (χ1v) is 14.4. The minimum absolute atomic E-state index is 0.909. The summed E-state index contributed by atoms with van der Waals surface area (Å²) in [5, 5.41) is 8.29. The summed E-state index contributed by atoms with van der Waals surface area (Å²) in [7, 11) is 0. The topological polar surface area (TPSA) is 43.6 Å². The third kappa shape index (κ3) is 3.74. The SMILES string of the molecule is c1ccc2nc(-n3c4ccc(-c5ccc(-c6nccc7ccccc67)cn5)cc4c4c5ccccc5ccc43)ccc2c1. The number of hydrogen-bond acceptors (Lipinski definition) is 3. The molecular formula is C39H24N4. The molecule has 4 aromatic heterocycles. The molecule has 0 aliphatic heterocycles. The van der Waals surface area contributed by atoms with Gasteiger partial charge in [-0.05, 0) is 70.8 Å². The summed E-state index contributed by atoms with van der Waals surface area (Å²) in [6.07, 6.45) is 3.80. The molecule has 5 aromatic carbocycles. The minimum Gasteiger partial charge on any atom is -0.294 e. The van der Waals surface area contributed by atoms with Crippen LogP contribution in [0.2, 0.25) is 0 Å². The third-order valence-corrected chi connectivity index (χ3v) is 8.47. The number of pyridine rings is 3. The lowest BCUT2D eigenvalue weighted by Gasteiger charge is -2.09. The monoisotopic (exact) mass is 548 g/mol. The molecule has 4 nitrogen and oxygen atoms in total. The summed E-state index contributed by atoms with van der Waals surface area (Å²) in [5.74, 6) is 0.909. The standard InChI is InChI=1S/C39H24N4/c1-4-10-30-25(7-1)14-19-36-38(30)32-23-28(15-18-35(32)43(36)37-20-16-27-9-3-6-12-34(27)42-37)33-17-13-29(24-41-33)39-31-11-5-2-8-26(31)21-22-40-39/h1-24H. The fourth-order valence-electron chi connectivity index (χ4n) is 6.43. The highest BCUT2D eigenvalue weighted by molar-refractivity contribution is 6.21. The summed E-state index contributed by atoms with van der Waals surface area (Å²) in [4.78, 5) is 14.7. The van der Waals surface area contributed by atoms with Gasteiger partial charge >= 0.3 is 0 Å². The average Bonchev–Trinajstić information content (AvgIpc) is 3.42. The maximum absolute atomic E-state index is 5.08. The van der Waals surface area contributed by atoms with Crippen LogP contribution in [0.3, 0.4) is 0 Å². The number of nitrogens with zero attached hydrogens (tertiary/aromatic N) is 4. The first kappa shape index (κ1) is 23.8. The van der Waals surface area contributed by atoms with Crippen LogP contribution < -0.4 is 0 Å². The van der Waals surface area contributed by atoms with Crippen molar-refractivity contribution in [2.75, 3.05) is 0 Å². The minimum atomic E-state index is 0.909. The highest BCUT2D eigenvalue weighted by Crippen LogP contribution is 2.38. The Kier molecular flexibility index (Phi) is 5.16. The van der Waals surface area contributed by atoms with E-state index in [1.54, 1.807) is 0 Å². The highest BCUT2D eigenvalue weighted by Gasteiger charge is 2.17. The molecule has 0 atom stereocenters. The van der Waals surface area contributed by atoms with Crippen molar-refractivity contribution in [3.63, 3.8) is 0 Å². The summed E-state index contributed by atoms with van der Waals surface area (Å²) in [5.41, 5.74) is 7.20. The van der Waals surface area contributed by atoms with Crippen molar-refractivity contribution < 1.29 is 0 Å². The van der Waals surface area contributed by atoms with E-state index in [-0.39, 0.29) is 0 Å². The van der Waals surface area contributed by atoms with Gasteiger partial charge in [0.2, 0.25) is 0 Å². The molecule has 0 fully saturated rings. The van der Waals surface area contributed by atoms with E-state index in [1.807, 2.05) is 24.5 Å². The molecule has 0 bridgehead atoms. The Morgan fingerprint density at radius 2 is 1.21 bits per heavy atom. The zero-order chi connectivity index (χ0) is 28.3. The van der Waals surface area contributed by atoms with Gasteiger partial charge in [-0.25, -0.2) is 4.98 Å². The van der Waals surface area contributed by atoms with Gasteiger partial charge < -0.3 is 0 Å². The molecule has 0 saturated heterocycles. The van der Waals surface area contributed by atoms with Gasteiger partial charge in [-0.1, -0.05) is 78.9 Å². The van der Waals surface area contributed by atoms with E-state index < -0.39 is 0 Å². The Hall–Kier alpha value is -5.87. The van der Waals surface area contributed by atoms with Crippen molar-refractivity contribution in [2.24, 2.45) is 0 Å². The largest absolute Gasteiger partial charge is 0.294 e. The van der Waals surface area contributed by atoms with Gasteiger partial charge in [0.25, 0.3) is 0 Å². The molecular weight excluding hydrogens is 524 g/mol. The second kappa shape index (κ2) is 9.33. The van der Waals surface area contributed by atoms with Gasteiger partial charge in [-0.2, -0.15) is 0 Å². The molecule has 0 amide bonds. The van der Waals surface area contributed by atoms with E-state index in [1.165, 1.54) is 26.9 Å². The van der Waals surface area contributed by atoms with Crippen LogP contribution in [-0.2, 0) is 0 Å². The van der Waals surface area contributed by atoms with Crippen molar-refractivity contribution >= 4 is 54.3 Å². The molecule has 0 spiro atoms. The Labute approximate surface area is 247 Å². The van der Waals surface area contributed by atoms with Crippen LogP contribution in [0.25, 0.3) is 82.6 Å². The molecule has 0 N–H and O–H groups in total. The Bertz CT molecular complexity index is 2500. The van der Waals surface area contributed by atoms with Crippen LogP contribution in [0.15, 0.2) is 146 Å². The molecule has 4 heteroatoms. The fourth-order valence-corrected chi connectivity index (χ4v) is 6.43. The predicted octanol–water partition coefficient (Wildman–Crippen LogP) is 9.76. The van der Waals surface area contributed by atoms with Gasteiger partial charge in [0.1, 0.15) is 5.82 Å². The predicted molar refractivity (Wildman–Crippen MR) is 178 cm³/mol. The molecule has 43 heavy (non-hydrogen) atoms. The third-order valence-electron chi connectivity index (χ3n) is 8.47. The number of rotatable bonds is 3. The van der Waals surface area contributed by atoms with Crippen molar-refractivity contribution in [1.29, 1.82) is 0 Å². The van der Waals surface area contributed by atoms with Crippen molar-refractivity contribution in [2.45, 2.75) is 0 Å². The molecule has 9 aromatic rings. The second-order valence-corrected chi connectivity index (χ2v) is 10.9. The fraction of sp³-hybridized carbons (Fsp3) is 0. The van der Waals surface area contributed by atoms with Crippen molar-refractivity contribution in [3.05, 3.63) is 146 Å². The van der Waals surface area contributed by atoms with Crippen LogP contribution in [0, 0.1) is 0 Å². The van der Waals surface area contributed by atoms with Gasteiger partial charge in [-0.3, -0.25) is 14.5 Å². The highest BCUT2D eigenvalue weighted by atomic mass is 15.1. The summed E-state index contributed by atoms with van der Waals surface area (Å²) >= 11 is 0. The van der Waals surface area contributed by atoms with E-state index in [0.717, 1.165) is 55.7 Å². The number of para-hydroxylation sites is 1. The smallest absolute Gasteiger partial charge is 0.138 e. The van der Waals surface area contributed by atoms with Crippen LogP contribution >= 0.6 is 0 Å². The normalized spacial score (nSPS) is 11.7. The van der Waals surface area contributed by atoms with Crippen LogP contribution in [-0.4, -0.2) is 19.5 Å².